The topological polar surface area (TPSA) is 89.9 Å². The van der Waals surface area contributed by atoms with Crippen molar-refractivity contribution in [2.45, 2.75) is 90.3 Å². The molecule has 6 aliphatic rings. The normalized spacial score (nSPS) is 37.6. The zero-order valence-corrected chi connectivity index (χ0v) is 29.0. The molecule has 8 heteroatoms. The van der Waals surface area contributed by atoms with Crippen LogP contribution in [0.4, 0.5) is 14.9 Å². The number of ketones is 1. The first-order valence-electron chi connectivity index (χ1n) is 17.7. The van der Waals surface area contributed by atoms with Crippen LogP contribution in [-0.4, -0.2) is 51.7 Å². The van der Waals surface area contributed by atoms with Gasteiger partial charge in [0.2, 0.25) is 0 Å². The minimum absolute atomic E-state index is 0.0704. The van der Waals surface area contributed by atoms with E-state index in [-0.39, 0.29) is 52.6 Å². The molecule has 6 aliphatic carbocycles. The first-order chi connectivity index (χ1) is 22.8. The van der Waals surface area contributed by atoms with Gasteiger partial charge in [0.15, 0.2) is 5.78 Å². The number of rotatable bonds is 8. The fourth-order valence-corrected chi connectivity index (χ4v) is 11.4. The molecule has 3 fully saturated rings. The maximum Gasteiger partial charge on any atom is 0.321 e. The molecule has 2 aromatic carbocycles. The molecule has 0 aromatic heterocycles. The van der Waals surface area contributed by atoms with Crippen molar-refractivity contribution in [2.75, 3.05) is 18.4 Å². The van der Waals surface area contributed by atoms with Crippen LogP contribution in [0.1, 0.15) is 77.7 Å². The highest BCUT2D eigenvalue weighted by molar-refractivity contribution is 6.31. The van der Waals surface area contributed by atoms with E-state index in [0.717, 1.165) is 32.1 Å². The number of aliphatic hydroxyl groups excluding tert-OH is 1. The number of urea groups is 1. The highest BCUT2D eigenvalue weighted by Gasteiger charge is 2.74. The minimum atomic E-state index is -1.17. The number of amides is 2. The molecule has 0 aliphatic heterocycles. The third-order valence-electron chi connectivity index (χ3n) is 13.7. The fraction of sp³-hybridized carbons (Fsp3) is 0.550. The third-order valence-corrected chi connectivity index (χ3v) is 14.0. The second-order valence-electron chi connectivity index (χ2n) is 15.8. The third kappa shape index (κ3) is 4.78. The Hall–Kier alpha value is -3.00. The van der Waals surface area contributed by atoms with E-state index in [9.17, 15) is 19.8 Å². The Morgan fingerprint density at radius 1 is 0.979 bits per heavy atom. The lowest BCUT2D eigenvalue weighted by Gasteiger charge is -2.71. The van der Waals surface area contributed by atoms with Gasteiger partial charge in [0.1, 0.15) is 5.82 Å². The van der Waals surface area contributed by atoms with Gasteiger partial charge in [0.25, 0.3) is 0 Å². The van der Waals surface area contributed by atoms with E-state index < -0.39 is 33.8 Å². The maximum absolute atomic E-state index is 15.1. The van der Waals surface area contributed by atoms with Crippen molar-refractivity contribution in [3.05, 3.63) is 88.7 Å². The molecule has 8 rings (SSSR count). The lowest BCUT2D eigenvalue weighted by atomic mass is 9.32. The van der Waals surface area contributed by atoms with Crippen molar-refractivity contribution >= 4 is 29.1 Å². The standard InChI is InChI=1S/C40H48ClFN2O4/c1-4-21-44(35(47)43-26-9-6-5-7-10-26)25-39(48)18-15-34-37(39,3)17-14-33-36(2)16-13-27(45)23-38(36)19-20-40(33,34)29(24-38)32(46)22-28-30(41)11-8-12-31(28)42/h5-12,19-20,24,27,33-34,45,48H,4,13-18,21-23,25H2,1-3H3,(H,43,47). The first kappa shape index (κ1) is 33.5. The second kappa shape index (κ2) is 11.8. The molecule has 3 N–H and O–H groups in total. The van der Waals surface area contributed by atoms with E-state index in [1.165, 1.54) is 6.07 Å². The van der Waals surface area contributed by atoms with Crippen molar-refractivity contribution in [1.82, 2.24) is 4.90 Å². The SMILES string of the molecule is CCCN(CC1(O)CCC2C34C=CC5(C=C3C(=O)Cc3c(F)cccc3Cl)CC(O)CCC5(C)C4CCC21C)C(=O)Nc1ccccc1. The monoisotopic (exact) mass is 674 g/mol. The zero-order chi connectivity index (χ0) is 34.1. The highest BCUT2D eigenvalue weighted by atomic mass is 35.5. The maximum atomic E-state index is 15.1. The molecule has 0 saturated heterocycles. The van der Waals surface area contributed by atoms with Gasteiger partial charge >= 0.3 is 6.03 Å². The summed E-state index contributed by atoms with van der Waals surface area (Å²) in [4.78, 5) is 30.0. The van der Waals surface area contributed by atoms with Crippen molar-refractivity contribution in [3.63, 3.8) is 0 Å². The van der Waals surface area contributed by atoms with E-state index in [1.807, 2.05) is 37.3 Å². The van der Waals surface area contributed by atoms with Crippen LogP contribution in [0.2, 0.25) is 5.02 Å². The summed E-state index contributed by atoms with van der Waals surface area (Å²) in [5.74, 6) is -0.589. The van der Waals surface area contributed by atoms with Gasteiger partial charge in [-0.3, -0.25) is 4.79 Å². The van der Waals surface area contributed by atoms with Crippen LogP contribution >= 0.6 is 11.6 Å². The predicted molar refractivity (Wildman–Crippen MR) is 186 cm³/mol. The molecule has 0 heterocycles. The largest absolute Gasteiger partial charge is 0.393 e. The Kier molecular flexibility index (Phi) is 8.24. The number of fused-ring (bicyclic) bond motifs is 1. The molecule has 2 aromatic rings. The second-order valence-corrected chi connectivity index (χ2v) is 16.2. The Morgan fingerprint density at radius 3 is 2.42 bits per heavy atom. The molecule has 48 heavy (non-hydrogen) atoms. The quantitative estimate of drug-likeness (QED) is 0.247. The van der Waals surface area contributed by atoms with Crippen molar-refractivity contribution in [2.24, 2.45) is 33.5 Å². The number of allylic oxidation sites excluding steroid dienone is 4. The summed E-state index contributed by atoms with van der Waals surface area (Å²) in [6, 6.07) is 13.6. The smallest absolute Gasteiger partial charge is 0.321 e. The Morgan fingerprint density at radius 2 is 1.69 bits per heavy atom. The van der Waals surface area contributed by atoms with Gasteiger partial charge in [-0.2, -0.15) is 0 Å². The van der Waals surface area contributed by atoms with Crippen LogP contribution in [0.25, 0.3) is 0 Å². The van der Waals surface area contributed by atoms with E-state index >= 15 is 4.39 Å². The van der Waals surface area contributed by atoms with Crippen LogP contribution in [0.15, 0.2) is 72.3 Å². The summed E-state index contributed by atoms with van der Waals surface area (Å²) < 4.78 is 15.1. The predicted octanol–water partition coefficient (Wildman–Crippen LogP) is 8.13. The van der Waals surface area contributed by atoms with Crippen molar-refractivity contribution < 1.29 is 24.2 Å². The molecule has 2 bridgehead atoms. The number of para-hydroxylation sites is 1. The minimum Gasteiger partial charge on any atom is -0.393 e. The summed E-state index contributed by atoms with van der Waals surface area (Å²) in [6.45, 7) is 7.24. The number of aliphatic hydroxyl groups is 2. The van der Waals surface area contributed by atoms with Crippen LogP contribution in [0, 0.1) is 39.3 Å². The van der Waals surface area contributed by atoms with Gasteiger partial charge in [-0.05, 0) is 92.9 Å². The van der Waals surface area contributed by atoms with Crippen molar-refractivity contribution in [1.29, 1.82) is 0 Å². The molecule has 3 saturated carbocycles. The number of carbonyl (C=O) groups is 2. The highest BCUT2D eigenvalue weighted by Crippen LogP contribution is 2.78. The van der Waals surface area contributed by atoms with E-state index in [4.69, 9.17) is 11.6 Å². The molecular weight excluding hydrogens is 627 g/mol. The van der Waals surface area contributed by atoms with E-state index in [1.54, 1.807) is 17.0 Å². The van der Waals surface area contributed by atoms with Crippen molar-refractivity contribution in [3.8, 4) is 0 Å². The molecule has 6 nitrogen and oxygen atoms in total. The first-order valence-corrected chi connectivity index (χ1v) is 18.1. The number of Topliss-reactive ketones (excluding diaryl/α,β-unsaturated/α-hetero) is 1. The van der Waals surface area contributed by atoms with Gasteiger partial charge in [-0.15, -0.1) is 0 Å². The molecular formula is C40H48ClFN2O4. The van der Waals surface area contributed by atoms with Crippen LogP contribution in [0.5, 0.6) is 0 Å². The number of nitrogens with one attached hydrogen (secondary N) is 1. The summed E-state index contributed by atoms with van der Waals surface area (Å²) in [7, 11) is 0. The number of halogens is 2. The Bertz CT molecular complexity index is 1660. The average molecular weight is 675 g/mol. The number of nitrogens with zero attached hydrogens (tertiary/aromatic N) is 1. The van der Waals surface area contributed by atoms with Gasteiger partial charge in [-0.1, -0.05) is 74.9 Å². The average Bonchev–Trinajstić information content (AvgIpc) is 3.33. The summed E-state index contributed by atoms with van der Waals surface area (Å²) in [5.41, 5.74) is -1.48. The summed E-state index contributed by atoms with van der Waals surface area (Å²) >= 11 is 6.45. The van der Waals surface area contributed by atoms with Gasteiger partial charge in [-0.25, -0.2) is 9.18 Å². The summed E-state index contributed by atoms with van der Waals surface area (Å²) in [6.07, 6.45) is 11.7. The zero-order valence-electron chi connectivity index (χ0n) is 28.3. The number of benzene rings is 2. The van der Waals surface area contributed by atoms with Crippen LogP contribution < -0.4 is 5.32 Å². The molecule has 256 valence electrons. The fourth-order valence-electron chi connectivity index (χ4n) is 11.2. The number of carbonyl (C=O) groups excluding carboxylic acids is 2. The number of hydrogen-bond acceptors (Lipinski definition) is 4. The van der Waals surface area contributed by atoms with Gasteiger partial charge in [0, 0.05) is 51.1 Å². The molecule has 8 atom stereocenters. The van der Waals surface area contributed by atoms with E-state index in [0.29, 0.717) is 37.1 Å². The van der Waals surface area contributed by atoms with Gasteiger partial charge < -0.3 is 20.4 Å². The molecule has 2 amide bonds. The Labute approximate surface area is 288 Å². The molecule has 2 spiro atoms. The summed E-state index contributed by atoms with van der Waals surface area (Å²) in [5, 5.41) is 27.0. The number of anilines is 1. The van der Waals surface area contributed by atoms with Gasteiger partial charge in [0.05, 0.1) is 18.2 Å². The Balaban J connectivity index is 1.28. The van der Waals surface area contributed by atoms with E-state index in [2.05, 4.69) is 37.4 Å². The van der Waals surface area contributed by atoms with Crippen LogP contribution in [0.3, 0.4) is 0 Å². The lowest BCUT2D eigenvalue weighted by molar-refractivity contribution is -0.177. The number of hydrogen-bond donors (Lipinski definition) is 3. The van der Waals surface area contributed by atoms with Crippen LogP contribution in [-0.2, 0) is 11.2 Å². The lowest BCUT2D eigenvalue weighted by Crippen LogP contribution is -2.67. The molecule has 0 radical (unpaired) electrons. The molecule has 8 unspecified atom stereocenters.